The molecule has 3 nitrogen and oxygen atoms in total. The van der Waals surface area contributed by atoms with E-state index in [1.165, 1.54) is 0 Å². The molecule has 1 heterocycles. The normalized spacial score (nSPS) is 20.2. The minimum absolute atomic E-state index is 0.388. The monoisotopic (exact) mass is 279 g/mol. The largest absolute Gasteiger partial charge is 0.386 e. The summed E-state index contributed by atoms with van der Waals surface area (Å²) in [6, 6.07) is 8.16. The van der Waals surface area contributed by atoms with Crippen molar-refractivity contribution in [3.8, 4) is 0 Å². The van der Waals surface area contributed by atoms with Crippen LogP contribution in [0.25, 0.3) is 0 Å². The Morgan fingerprint density at radius 2 is 2.00 bits per heavy atom. The fourth-order valence-corrected chi connectivity index (χ4v) is 2.11. The topological polar surface area (TPSA) is 50.7 Å². The Balaban J connectivity index is 2.34. The summed E-state index contributed by atoms with van der Waals surface area (Å²) in [4.78, 5) is 0. The highest BCUT2D eigenvalue weighted by Crippen LogP contribution is 2.22. The zero-order chi connectivity index (χ0) is 11.5. The molecule has 2 rings (SSSR count). The molecule has 2 N–H and O–H groups in total. The Labute approximate surface area is 104 Å². The molecule has 1 aromatic rings. The number of amidine groups is 1. The highest BCUT2D eigenvalue weighted by atomic mass is 79.9. The van der Waals surface area contributed by atoms with Crippen molar-refractivity contribution in [2.45, 2.75) is 19.8 Å². The minimum atomic E-state index is 0.388. The second-order valence-electron chi connectivity index (χ2n) is 3.89. The van der Waals surface area contributed by atoms with Crippen LogP contribution in [0.4, 0.5) is 0 Å². The fourth-order valence-electron chi connectivity index (χ4n) is 1.84. The van der Waals surface area contributed by atoms with Crippen LogP contribution in [0.1, 0.15) is 25.3 Å². The Hall–Kier alpha value is -1.16. The van der Waals surface area contributed by atoms with Gasteiger partial charge < -0.3 is 5.73 Å². The van der Waals surface area contributed by atoms with Crippen LogP contribution < -0.4 is 5.73 Å². The molecule has 0 spiro atoms. The van der Waals surface area contributed by atoms with Gasteiger partial charge in [-0.25, -0.2) is 0 Å². The molecular formula is C12H14BrN3. The lowest BCUT2D eigenvalue weighted by atomic mass is 9.90. The first kappa shape index (κ1) is 11.3. The third-order valence-corrected chi connectivity index (χ3v) is 3.29. The number of halogens is 1. The summed E-state index contributed by atoms with van der Waals surface area (Å²) in [6.45, 7) is 2.15. The van der Waals surface area contributed by atoms with Crippen LogP contribution in [0.5, 0.6) is 0 Å². The van der Waals surface area contributed by atoms with Gasteiger partial charge >= 0.3 is 0 Å². The van der Waals surface area contributed by atoms with E-state index in [1.807, 2.05) is 12.1 Å². The zero-order valence-corrected chi connectivity index (χ0v) is 10.7. The van der Waals surface area contributed by atoms with Crippen LogP contribution in [0.2, 0.25) is 0 Å². The van der Waals surface area contributed by atoms with Crippen molar-refractivity contribution in [3.05, 3.63) is 34.3 Å². The Morgan fingerprint density at radius 1 is 1.31 bits per heavy atom. The van der Waals surface area contributed by atoms with Crippen molar-refractivity contribution in [1.82, 2.24) is 0 Å². The van der Waals surface area contributed by atoms with Gasteiger partial charge in [0.1, 0.15) is 5.84 Å². The molecule has 1 unspecified atom stereocenters. The van der Waals surface area contributed by atoms with Crippen LogP contribution in [0.3, 0.4) is 0 Å². The summed E-state index contributed by atoms with van der Waals surface area (Å²) in [5, 5.41) is 8.21. The van der Waals surface area contributed by atoms with E-state index in [-0.39, 0.29) is 0 Å². The number of nitrogens with two attached hydrogens (primary N) is 1. The van der Waals surface area contributed by atoms with Gasteiger partial charge in [0.05, 0.1) is 5.71 Å². The van der Waals surface area contributed by atoms with Gasteiger partial charge in [0.25, 0.3) is 0 Å². The van der Waals surface area contributed by atoms with Crippen molar-refractivity contribution < 1.29 is 0 Å². The summed E-state index contributed by atoms with van der Waals surface area (Å²) in [5.74, 6) is 1.02. The molecule has 0 saturated carbocycles. The molecule has 1 aliphatic heterocycles. The molecule has 0 bridgehead atoms. The maximum atomic E-state index is 5.70. The Kier molecular flexibility index (Phi) is 3.39. The van der Waals surface area contributed by atoms with E-state index in [0.29, 0.717) is 11.8 Å². The van der Waals surface area contributed by atoms with E-state index in [0.717, 1.165) is 28.6 Å². The molecule has 1 aromatic carbocycles. The predicted molar refractivity (Wildman–Crippen MR) is 70.7 cm³/mol. The van der Waals surface area contributed by atoms with E-state index >= 15 is 0 Å². The van der Waals surface area contributed by atoms with E-state index in [1.54, 1.807) is 0 Å². The molecule has 0 radical (unpaired) electrons. The molecule has 4 heteroatoms. The first-order valence-electron chi connectivity index (χ1n) is 5.36. The van der Waals surface area contributed by atoms with Gasteiger partial charge in [-0.2, -0.15) is 5.10 Å². The molecule has 0 aliphatic carbocycles. The molecule has 0 saturated heterocycles. The average molecular weight is 280 g/mol. The minimum Gasteiger partial charge on any atom is -0.386 e. The first-order valence-corrected chi connectivity index (χ1v) is 6.16. The second-order valence-corrected chi connectivity index (χ2v) is 4.81. The molecule has 0 fully saturated rings. The number of hydrogen-bond acceptors (Lipinski definition) is 3. The van der Waals surface area contributed by atoms with Gasteiger partial charge in [0.2, 0.25) is 0 Å². The number of hydrogen-bond donors (Lipinski definition) is 1. The predicted octanol–water partition coefficient (Wildman–Crippen LogP) is 2.94. The van der Waals surface area contributed by atoms with Gasteiger partial charge in [0.15, 0.2) is 0 Å². The third kappa shape index (κ3) is 2.32. The molecule has 16 heavy (non-hydrogen) atoms. The Bertz CT molecular complexity index is 434. The number of nitrogens with zero attached hydrogens (tertiary/aromatic N) is 2. The van der Waals surface area contributed by atoms with Crippen LogP contribution in [0, 0.1) is 5.92 Å². The molecule has 1 atom stereocenters. The van der Waals surface area contributed by atoms with Crippen LogP contribution in [0.15, 0.2) is 38.9 Å². The summed E-state index contributed by atoms with van der Waals surface area (Å²) < 4.78 is 1.07. The van der Waals surface area contributed by atoms with Gasteiger partial charge in [-0.15, -0.1) is 5.10 Å². The van der Waals surface area contributed by atoms with Crippen LogP contribution in [-0.2, 0) is 0 Å². The highest BCUT2D eigenvalue weighted by Gasteiger charge is 2.20. The third-order valence-electron chi connectivity index (χ3n) is 2.76. The lowest BCUT2D eigenvalue weighted by Gasteiger charge is -2.19. The lowest BCUT2D eigenvalue weighted by Crippen LogP contribution is -2.26. The highest BCUT2D eigenvalue weighted by molar-refractivity contribution is 9.10. The smallest absolute Gasteiger partial charge is 0.123 e. The molecular weight excluding hydrogens is 266 g/mol. The first-order chi connectivity index (χ1) is 7.70. The lowest BCUT2D eigenvalue weighted by molar-refractivity contribution is 0.677. The van der Waals surface area contributed by atoms with Gasteiger partial charge in [-0.3, -0.25) is 0 Å². The van der Waals surface area contributed by atoms with Crippen molar-refractivity contribution in [2.24, 2.45) is 21.9 Å². The molecule has 0 amide bonds. The van der Waals surface area contributed by atoms with Gasteiger partial charge in [-0.1, -0.05) is 35.0 Å². The van der Waals surface area contributed by atoms with E-state index in [4.69, 9.17) is 5.73 Å². The van der Waals surface area contributed by atoms with E-state index in [9.17, 15) is 0 Å². The standard InChI is InChI=1S/C12H14BrN3/c1-2-8-7-11(14)15-16-12(8)9-3-5-10(13)6-4-9/h3-6,8H,2,7H2,1H3,(H2,14,15). The zero-order valence-electron chi connectivity index (χ0n) is 9.15. The van der Waals surface area contributed by atoms with Crippen LogP contribution >= 0.6 is 15.9 Å². The van der Waals surface area contributed by atoms with Crippen molar-refractivity contribution in [1.29, 1.82) is 0 Å². The van der Waals surface area contributed by atoms with Crippen molar-refractivity contribution in [3.63, 3.8) is 0 Å². The quantitative estimate of drug-likeness (QED) is 0.889. The maximum Gasteiger partial charge on any atom is 0.123 e. The maximum absolute atomic E-state index is 5.70. The summed E-state index contributed by atoms with van der Waals surface area (Å²) in [7, 11) is 0. The fraction of sp³-hybridized carbons (Fsp3) is 0.333. The summed E-state index contributed by atoms with van der Waals surface area (Å²) >= 11 is 3.42. The molecule has 84 valence electrons. The van der Waals surface area contributed by atoms with Crippen molar-refractivity contribution in [2.75, 3.05) is 0 Å². The van der Waals surface area contributed by atoms with Crippen molar-refractivity contribution >= 4 is 27.5 Å². The number of benzene rings is 1. The van der Waals surface area contributed by atoms with E-state index in [2.05, 4.69) is 45.2 Å². The Morgan fingerprint density at radius 3 is 2.62 bits per heavy atom. The SMILES string of the molecule is CCC1CC(N)=NN=C1c1ccc(Br)cc1. The number of rotatable bonds is 2. The summed E-state index contributed by atoms with van der Waals surface area (Å²) in [6.07, 6.45) is 1.84. The van der Waals surface area contributed by atoms with Gasteiger partial charge in [-0.05, 0) is 24.1 Å². The summed E-state index contributed by atoms with van der Waals surface area (Å²) in [5.41, 5.74) is 7.88. The van der Waals surface area contributed by atoms with E-state index < -0.39 is 0 Å². The molecule has 0 aromatic heterocycles. The van der Waals surface area contributed by atoms with Gasteiger partial charge in [0, 0.05) is 16.8 Å². The van der Waals surface area contributed by atoms with Crippen LogP contribution in [-0.4, -0.2) is 11.5 Å². The second kappa shape index (κ2) is 4.78. The average Bonchev–Trinajstić information content (AvgIpc) is 2.30. The molecule has 1 aliphatic rings.